The molecule has 0 saturated carbocycles. The Balaban J connectivity index is 1.69. The van der Waals surface area contributed by atoms with E-state index in [9.17, 15) is 70.3 Å². The standard InChI is InChI=1S/C30H20N8O14/c1-17(39)31(29-25(35(45)46)13-23(33(41)42)14-26(29)36(47)48)21-9-5-19(6-10-21)3-4-20-7-11-22(12-8-20)32(18(2)40)30-27(37(49)50)15-24(34(43)44)16-28(30)38(51)52/h3-16H,1-2H3/b4-3+. The molecule has 22 heteroatoms. The molecule has 52 heavy (non-hydrogen) atoms. The number of carbonyl (C=O) groups excluding carboxylic acids is 2. The van der Waals surface area contributed by atoms with Crippen LogP contribution in [0.25, 0.3) is 12.2 Å². The Morgan fingerprint density at radius 1 is 0.462 bits per heavy atom. The first-order chi connectivity index (χ1) is 24.4. The number of hydrogen-bond donors (Lipinski definition) is 0. The van der Waals surface area contributed by atoms with Crippen LogP contribution in [0, 0.1) is 60.7 Å². The summed E-state index contributed by atoms with van der Waals surface area (Å²) >= 11 is 0. The summed E-state index contributed by atoms with van der Waals surface area (Å²) in [6, 6.07) is 13.1. The van der Waals surface area contributed by atoms with E-state index in [0.717, 1.165) is 13.8 Å². The average Bonchev–Trinajstić information content (AvgIpc) is 3.07. The van der Waals surface area contributed by atoms with Crippen LogP contribution in [0.15, 0.2) is 72.8 Å². The number of rotatable bonds is 12. The highest BCUT2D eigenvalue weighted by Gasteiger charge is 2.38. The Labute approximate surface area is 288 Å². The largest absolute Gasteiger partial charge is 0.307 e. The molecule has 0 saturated heterocycles. The number of non-ortho nitro benzene ring substituents is 2. The third kappa shape index (κ3) is 7.49. The number of carbonyl (C=O) groups is 2. The van der Waals surface area contributed by atoms with Crippen LogP contribution in [0.1, 0.15) is 25.0 Å². The summed E-state index contributed by atoms with van der Waals surface area (Å²) in [5, 5.41) is 69.7. The number of amides is 2. The number of nitro groups is 6. The zero-order valence-corrected chi connectivity index (χ0v) is 26.4. The average molecular weight is 717 g/mol. The lowest BCUT2D eigenvalue weighted by Gasteiger charge is -2.21. The van der Waals surface area contributed by atoms with E-state index in [2.05, 4.69) is 0 Å². The zero-order valence-electron chi connectivity index (χ0n) is 26.4. The molecule has 0 N–H and O–H groups in total. The molecule has 0 aliphatic heterocycles. The minimum Gasteiger partial charge on any atom is -0.274 e. The van der Waals surface area contributed by atoms with Gasteiger partial charge in [-0.1, -0.05) is 36.4 Å². The highest BCUT2D eigenvalue weighted by Crippen LogP contribution is 2.45. The molecule has 0 aliphatic carbocycles. The summed E-state index contributed by atoms with van der Waals surface area (Å²) in [6.45, 7) is 1.97. The van der Waals surface area contributed by atoms with Crippen molar-refractivity contribution in [3.63, 3.8) is 0 Å². The van der Waals surface area contributed by atoms with Gasteiger partial charge in [-0.15, -0.1) is 0 Å². The lowest BCUT2D eigenvalue weighted by molar-refractivity contribution is -0.402. The van der Waals surface area contributed by atoms with Gasteiger partial charge in [-0.3, -0.25) is 80.1 Å². The van der Waals surface area contributed by atoms with Crippen molar-refractivity contribution in [2.45, 2.75) is 13.8 Å². The number of hydrogen-bond acceptors (Lipinski definition) is 14. The van der Waals surface area contributed by atoms with Gasteiger partial charge in [-0.2, -0.15) is 0 Å². The van der Waals surface area contributed by atoms with E-state index in [-0.39, 0.29) is 11.4 Å². The molecule has 0 fully saturated rings. The second-order valence-electron chi connectivity index (χ2n) is 10.4. The van der Waals surface area contributed by atoms with Gasteiger partial charge in [0.15, 0.2) is 0 Å². The summed E-state index contributed by atoms with van der Waals surface area (Å²) in [7, 11) is 0. The van der Waals surface area contributed by atoms with Crippen LogP contribution in [0.4, 0.5) is 56.9 Å². The van der Waals surface area contributed by atoms with Gasteiger partial charge in [-0.25, -0.2) is 0 Å². The van der Waals surface area contributed by atoms with Crippen LogP contribution in [0.5, 0.6) is 0 Å². The molecule has 4 rings (SSSR count). The summed E-state index contributed by atoms with van der Waals surface area (Å²) in [4.78, 5) is 90.0. The predicted octanol–water partition coefficient (Wildman–Crippen LogP) is 6.68. The summed E-state index contributed by atoms with van der Waals surface area (Å²) < 4.78 is 0. The van der Waals surface area contributed by atoms with E-state index < -0.39 is 86.9 Å². The molecular weight excluding hydrogens is 696 g/mol. The molecule has 4 aromatic rings. The van der Waals surface area contributed by atoms with Crippen molar-refractivity contribution in [1.82, 2.24) is 0 Å². The molecule has 0 bridgehead atoms. The molecule has 0 unspecified atom stereocenters. The molecule has 0 aliphatic rings. The molecule has 2 amide bonds. The zero-order chi connectivity index (χ0) is 38.6. The highest BCUT2D eigenvalue weighted by molar-refractivity contribution is 6.05. The van der Waals surface area contributed by atoms with Gasteiger partial charge in [-0.05, 0) is 35.4 Å². The van der Waals surface area contributed by atoms with Gasteiger partial charge in [0.25, 0.3) is 11.4 Å². The van der Waals surface area contributed by atoms with E-state index in [1.165, 1.54) is 48.5 Å². The number of anilines is 4. The minimum absolute atomic E-state index is 0.0483. The Bertz CT molecular complexity index is 2010. The second-order valence-corrected chi connectivity index (χ2v) is 10.4. The van der Waals surface area contributed by atoms with Crippen molar-refractivity contribution in [3.8, 4) is 0 Å². The lowest BCUT2D eigenvalue weighted by Crippen LogP contribution is -2.24. The Hall–Kier alpha value is -8.04. The third-order valence-corrected chi connectivity index (χ3v) is 7.17. The maximum Gasteiger partial charge on any atom is 0.307 e. The molecule has 0 radical (unpaired) electrons. The minimum atomic E-state index is -1.09. The van der Waals surface area contributed by atoms with Crippen molar-refractivity contribution >= 4 is 80.8 Å². The number of nitro benzene ring substituents is 6. The fourth-order valence-electron chi connectivity index (χ4n) is 5.00. The molecule has 0 aromatic heterocycles. The molecule has 0 spiro atoms. The van der Waals surface area contributed by atoms with E-state index in [1.54, 1.807) is 12.2 Å². The Morgan fingerprint density at radius 2 is 0.712 bits per heavy atom. The molecule has 264 valence electrons. The summed E-state index contributed by atoms with van der Waals surface area (Å²) in [5.74, 6) is -1.76. The van der Waals surface area contributed by atoms with E-state index in [4.69, 9.17) is 0 Å². The van der Waals surface area contributed by atoms with Gasteiger partial charge in [0.1, 0.15) is 0 Å². The quantitative estimate of drug-likeness (QED) is 0.0839. The third-order valence-electron chi connectivity index (χ3n) is 7.17. The van der Waals surface area contributed by atoms with E-state index >= 15 is 0 Å². The number of nitrogens with zero attached hydrogens (tertiary/aromatic N) is 8. The smallest absolute Gasteiger partial charge is 0.274 e. The van der Waals surface area contributed by atoms with E-state index in [0.29, 0.717) is 45.2 Å². The molecule has 0 heterocycles. The SMILES string of the molecule is CC(=O)N(c1ccc(/C=C/c2ccc(N(C(C)=O)c3c([N+](=O)[O-])cc([N+](=O)[O-])cc3[N+](=O)[O-])cc2)cc1)c1c([N+](=O)[O-])cc([N+](=O)[O-])cc1[N+](=O)[O-]. The molecule has 22 nitrogen and oxygen atoms in total. The van der Waals surface area contributed by atoms with Crippen LogP contribution in [0.3, 0.4) is 0 Å². The van der Waals surface area contributed by atoms with Gasteiger partial charge in [0, 0.05) is 25.2 Å². The van der Waals surface area contributed by atoms with Gasteiger partial charge < -0.3 is 0 Å². The van der Waals surface area contributed by atoms with Crippen LogP contribution < -0.4 is 9.80 Å². The van der Waals surface area contributed by atoms with Crippen LogP contribution in [0.2, 0.25) is 0 Å². The van der Waals surface area contributed by atoms with Gasteiger partial charge in [0.05, 0.1) is 53.8 Å². The fraction of sp³-hybridized carbons (Fsp3) is 0.0667. The normalized spacial score (nSPS) is 10.7. The predicted molar refractivity (Wildman–Crippen MR) is 180 cm³/mol. The van der Waals surface area contributed by atoms with Crippen molar-refractivity contribution in [2.75, 3.05) is 9.80 Å². The maximum atomic E-state index is 12.7. The van der Waals surface area contributed by atoms with Crippen molar-refractivity contribution in [1.29, 1.82) is 0 Å². The van der Waals surface area contributed by atoms with Gasteiger partial charge >= 0.3 is 22.7 Å². The highest BCUT2D eigenvalue weighted by atomic mass is 16.6. The topological polar surface area (TPSA) is 299 Å². The van der Waals surface area contributed by atoms with Gasteiger partial charge in [0.2, 0.25) is 23.2 Å². The maximum absolute atomic E-state index is 12.7. The van der Waals surface area contributed by atoms with E-state index in [1.807, 2.05) is 0 Å². The van der Waals surface area contributed by atoms with Crippen molar-refractivity contribution in [3.05, 3.63) is 145 Å². The Kier molecular flexibility index (Phi) is 10.3. The first kappa shape index (κ1) is 36.8. The lowest BCUT2D eigenvalue weighted by atomic mass is 10.1. The fourth-order valence-corrected chi connectivity index (χ4v) is 5.00. The Morgan fingerprint density at radius 3 is 0.904 bits per heavy atom. The monoisotopic (exact) mass is 716 g/mol. The van der Waals surface area contributed by atoms with Crippen LogP contribution in [-0.2, 0) is 9.59 Å². The first-order valence-electron chi connectivity index (χ1n) is 14.1. The first-order valence-corrected chi connectivity index (χ1v) is 14.1. The summed E-state index contributed by atoms with van der Waals surface area (Å²) in [6.07, 6.45) is 3.12. The molecule has 0 atom stereocenters. The van der Waals surface area contributed by atoms with Crippen molar-refractivity contribution in [2.24, 2.45) is 0 Å². The second kappa shape index (κ2) is 14.6. The van der Waals surface area contributed by atoms with Crippen LogP contribution >= 0.6 is 0 Å². The summed E-state index contributed by atoms with van der Waals surface area (Å²) in [5.41, 5.74) is -6.78. The molecule has 4 aromatic carbocycles. The number of benzene rings is 4. The van der Waals surface area contributed by atoms with Crippen LogP contribution in [-0.4, -0.2) is 41.4 Å². The molecular formula is C30H20N8O14. The van der Waals surface area contributed by atoms with Crippen molar-refractivity contribution < 1.29 is 39.1 Å².